The van der Waals surface area contributed by atoms with Crippen LogP contribution in [-0.2, 0) is 19.6 Å². The Morgan fingerprint density at radius 3 is 2.25 bits per heavy atom. The first-order valence-electron chi connectivity index (χ1n) is 7.29. The molecule has 1 saturated heterocycles. The summed E-state index contributed by atoms with van der Waals surface area (Å²) in [6.45, 7) is 5.45. The third-order valence-corrected chi connectivity index (χ3v) is 5.75. The molecular weight excluding hydrogens is 377 g/mol. The van der Waals surface area contributed by atoms with Gasteiger partial charge in [0.05, 0.1) is 16.6 Å². The van der Waals surface area contributed by atoms with Gasteiger partial charge in [-0.25, -0.2) is 8.42 Å². The first-order valence-corrected chi connectivity index (χ1v) is 9.48. The summed E-state index contributed by atoms with van der Waals surface area (Å²) >= 11 is 11.7. The Morgan fingerprint density at radius 1 is 1.25 bits per heavy atom. The molecular formula is C15H19Cl2NO5S. The number of hydrogen-bond acceptors (Lipinski definition) is 4. The quantitative estimate of drug-likeness (QED) is 0.846. The lowest BCUT2D eigenvalue weighted by molar-refractivity contribution is -0.141. The summed E-state index contributed by atoms with van der Waals surface area (Å²) < 4.78 is 32.4. The van der Waals surface area contributed by atoms with Gasteiger partial charge >= 0.3 is 5.97 Å². The van der Waals surface area contributed by atoms with Gasteiger partial charge in [0.15, 0.2) is 0 Å². The molecule has 24 heavy (non-hydrogen) atoms. The van der Waals surface area contributed by atoms with E-state index in [1.54, 1.807) is 0 Å². The van der Waals surface area contributed by atoms with Crippen LogP contribution in [0.4, 0.5) is 0 Å². The Hall–Kier alpha value is -0.860. The molecule has 0 radical (unpaired) electrons. The molecule has 2 rings (SSSR count). The molecule has 0 spiro atoms. The van der Waals surface area contributed by atoms with E-state index in [9.17, 15) is 18.3 Å². The minimum atomic E-state index is -4.06. The Balaban J connectivity index is 2.37. The van der Waals surface area contributed by atoms with Gasteiger partial charge in [-0.3, -0.25) is 4.79 Å². The highest BCUT2D eigenvalue weighted by molar-refractivity contribution is 7.89. The highest BCUT2D eigenvalue weighted by Crippen LogP contribution is 2.32. The summed E-state index contributed by atoms with van der Waals surface area (Å²) in [7, 11) is -4.06. The van der Waals surface area contributed by atoms with Crippen LogP contribution in [0.15, 0.2) is 23.1 Å². The second kappa shape index (κ2) is 6.80. The predicted octanol–water partition coefficient (Wildman–Crippen LogP) is 3.02. The molecule has 1 aromatic carbocycles. The van der Waals surface area contributed by atoms with Gasteiger partial charge in [-0.1, -0.05) is 23.2 Å². The molecule has 134 valence electrons. The third kappa shape index (κ3) is 4.40. The number of carboxylic acid groups (broad SMARTS) is 1. The standard InChI is InChI=1S/C15H19Cl2NO5S/c1-15(2,3)23-11-7-13(14(19)20)18(8-11)24(21,22)12-5-9(16)4-10(17)6-12/h4-6,11,13H,7-8H2,1-3H3,(H,19,20). The van der Waals surface area contributed by atoms with Gasteiger partial charge in [0.2, 0.25) is 10.0 Å². The minimum absolute atomic E-state index is 0.0410. The Morgan fingerprint density at radius 2 is 1.79 bits per heavy atom. The van der Waals surface area contributed by atoms with E-state index in [2.05, 4.69) is 0 Å². The molecule has 0 amide bonds. The Bertz CT molecular complexity index is 724. The zero-order valence-electron chi connectivity index (χ0n) is 13.5. The number of benzene rings is 1. The van der Waals surface area contributed by atoms with Gasteiger partial charge in [-0.05, 0) is 39.0 Å². The maximum absolute atomic E-state index is 12.9. The normalized spacial score (nSPS) is 22.7. The van der Waals surface area contributed by atoms with Crippen LogP contribution in [0.5, 0.6) is 0 Å². The number of halogens is 2. The molecule has 0 saturated carbocycles. The second-order valence-corrected chi connectivity index (χ2v) is 9.39. The van der Waals surface area contributed by atoms with E-state index in [1.807, 2.05) is 20.8 Å². The average Bonchev–Trinajstić information content (AvgIpc) is 2.80. The lowest BCUT2D eigenvalue weighted by Crippen LogP contribution is -2.40. The van der Waals surface area contributed by atoms with E-state index < -0.39 is 33.7 Å². The number of ether oxygens (including phenoxy) is 1. The van der Waals surface area contributed by atoms with Gasteiger partial charge in [-0.2, -0.15) is 4.31 Å². The maximum atomic E-state index is 12.9. The van der Waals surface area contributed by atoms with Gasteiger partial charge in [0.25, 0.3) is 0 Å². The second-order valence-electron chi connectivity index (χ2n) is 6.62. The SMILES string of the molecule is CC(C)(C)OC1CC(C(=O)O)N(S(=O)(=O)c2cc(Cl)cc(Cl)c2)C1. The molecule has 9 heteroatoms. The highest BCUT2D eigenvalue weighted by atomic mass is 35.5. The predicted molar refractivity (Wildman–Crippen MR) is 91.0 cm³/mol. The van der Waals surface area contributed by atoms with Crippen LogP contribution in [0.1, 0.15) is 27.2 Å². The number of sulfonamides is 1. The highest BCUT2D eigenvalue weighted by Gasteiger charge is 2.45. The molecule has 2 atom stereocenters. The van der Waals surface area contributed by atoms with E-state index in [0.717, 1.165) is 4.31 Å². The lowest BCUT2D eigenvalue weighted by atomic mass is 10.1. The van der Waals surface area contributed by atoms with Gasteiger partial charge in [-0.15, -0.1) is 0 Å². The van der Waals surface area contributed by atoms with Crippen molar-refractivity contribution in [2.24, 2.45) is 0 Å². The monoisotopic (exact) mass is 395 g/mol. The topological polar surface area (TPSA) is 83.9 Å². The van der Waals surface area contributed by atoms with Crippen molar-refractivity contribution in [2.45, 2.75) is 49.8 Å². The fourth-order valence-electron chi connectivity index (χ4n) is 2.66. The van der Waals surface area contributed by atoms with Crippen molar-refractivity contribution in [3.8, 4) is 0 Å². The molecule has 0 aromatic heterocycles. The first kappa shape index (κ1) is 19.5. The van der Waals surface area contributed by atoms with Crippen molar-refractivity contribution in [3.05, 3.63) is 28.2 Å². The lowest BCUT2D eigenvalue weighted by Gasteiger charge is -2.25. The van der Waals surface area contributed by atoms with E-state index in [0.29, 0.717) is 0 Å². The van der Waals surface area contributed by atoms with Gasteiger partial charge in [0, 0.05) is 23.0 Å². The summed E-state index contributed by atoms with van der Waals surface area (Å²) in [6.07, 6.45) is -0.421. The number of nitrogens with zero attached hydrogens (tertiary/aromatic N) is 1. The Labute approximate surface area is 151 Å². The van der Waals surface area contributed by atoms with Crippen molar-refractivity contribution < 1.29 is 23.1 Å². The van der Waals surface area contributed by atoms with Crippen LogP contribution in [0.25, 0.3) is 0 Å². The fourth-order valence-corrected chi connectivity index (χ4v) is 5.01. The third-order valence-electron chi connectivity index (χ3n) is 3.47. The van der Waals surface area contributed by atoms with Gasteiger partial charge in [0.1, 0.15) is 6.04 Å². The average molecular weight is 396 g/mol. The summed E-state index contributed by atoms with van der Waals surface area (Å²) in [5.74, 6) is -1.22. The van der Waals surface area contributed by atoms with E-state index in [1.165, 1.54) is 18.2 Å². The van der Waals surface area contributed by atoms with E-state index >= 15 is 0 Å². The zero-order chi connectivity index (χ0) is 18.3. The molecule has 1 aromatic rings. The van der Waals surface area contributed by atoms with Crippen LogP contribution >= 0.6 is 23.2 Å². The Kier molecular flexibility index (Phi) is 5.52. The van der Waals surface area contributed by atoms with Crippen molar-refractivity contribution in [2.75, 3.05) is 6.54 Å². The molecule has 0 bridgehead atoms. The van der Waals surface area contributed by atoms with Crippen molar-refractivity contribution in [3.63, 3.8) is 0 Å². The van der Waals surface area contributed by atoms with Crippen LogP contribution in [0.2, 0.25) is 10.0 Å². The van der Waals surface area contributed by atoms with Crippen molar-refractivity contribution in [1.82, 2.24) is 4.31 Å². The molecule has 1 aliphatic heterocycles. The largest absolute Gasteiger partial charge is 0.480 e. The van der Waals surface area contributed by atoms with Crippen molar-refractivity contribution in [1.29, 1.82) is 0 Å². The molecule has 1 fully saturated rings. The summed E-state index contributed by atoms with van der Waals surface area (Å²) in [5.41, 5.74) is -0.507. The number of hydrogen-bond donors (Lipinski definition) is 1. The molecule has 2 unspecified atom stereocenters. The van der Waals surface area contributed by atoms with E-state index in [4.69, 9.17) is 27.9 Å². The maximum Gasteiger partial charge on any atom is 0.322 e. The summed E-state index contributed by atoms with van der Waals surface area (Å²) in [5, 5.41) is 9.73. The summed E-state index contributed by atoms with van der Waals surface area (Å²) in [6, 6.07) is 2.71. The summed E-state index contributed by atoms with van der Waals surface area (Å²) in [4.78, 5) is 11.4. The molecule has 1 N–H and O–H groups in total. The molecule has 6 nitrogen and oxygen atoms in total. The fraction of sp³-hybridized carbons (Fsp3) is 0.533. The number of carbonyl (C=O) groups is 1. The molecule has 0 aliphatic carbocycles. The number of rotatable bonds is 4. The van der Waals surface area contributed by atoms with E-state index in [-0.39, 0.29) is 27.9 Å². The molecule has 1 aliphatic rings. The number of aliphatic carboxylic acids is 1. The van der Waals surface area contributed by atoms with Crippen LogP contribution < -0.4 is 0 Å². The minimum Gasteiger partial charge on any atom is -0.480 e. The van der Waals surface area contributed by atoms with Crippen LogP contribution in [0.3, 0.4) is 0 Å². The van der Waals surface area contributed by atoms with Crippen molar-refractivity contribution >= 4 is 39.2 Å². The number of carboxylic acids is 1. The van der Waals surface area contributed by atoms with Crippen LogP contribution in [-0.4, -0.2) is 48.1 Å². The van der Waals surface area contributed by atoms with Gasteiger partial charge < -0.3 is 9.84 Å². The zero-order valence-corrected chi connectivity index (χ0v) is 15.8. The molecule has 1 heterocycles. The first-order chi connectivity index (χ1) is 10.9. The smallest absolute Gasteiger partial charge is 0.322 e. The van der Waals surface area contributed by atoms with Crippen LogP contribution in [0, 0.1) is 0 Å².